The number of piperidine rings is 1. The minimum atomic E-state index is -0.849. The predicted octanol–water partition coefficient (Wildman–Crippen LogP) is 6.11. The Morgan fingerprint density at radius 1 is 0.938 bits per heavy atom. The highest BCUT2D eigenvalue weighted by Crippen LogP contribution is 2.47. The van der Waals surface area contributed by atoms with E-state index in [1.54, 1.807) is 0 Å². The van der Waals surface area contributed by atoms with Gasteiger partial charge in [0, 0.05) is 36.1 Å². The lowest BCUT2D eigenvalue weighted by Gasteiger charge is -2.54. The van der Waals surface area contributed by atoms with Gasteiger partial charge in [-0.1, -0.05) is 73.3 Å². The van der Waals surface area contributed by atoms with E-state index in [2.05, 4.69) is 54.2 Å². The van der Waals surface area contributed by atoms with Gasteiger partial charge in [-0.2, -0.15) is 0 Å². The van der Waals surface area contributed by atoms with E-state index in [9.17, 15) is 5.11 Å². The molecule has 0 bridgehead atoms. The van der Waals surface area contributed by atoms with Crippen molar-refractivity contribution in [3.63, 3.8) is 0 Å². The first-order chi connectivity index (χ1) is 14.4. The Hall–Kier alpha value is -0.810. The van der Waals surface area contributed by atoms with E-state index < -0.39 is 5.60 Å². The summed E-state index contributed by atoms with van der Waals surface area (Å²) in [6, 6.07) is 18.9. The number of likely N-dealkylation sites (tertiary alicyclic amines) is 1. The number of halogens is 3. The quantitative estimate of drug-likeness (QED) is 0.537. The van der Waals surface area contributed by atoms with Gasteiger partial charge in [-0.15, -0.1) is 24.8 Å². The molecule has 178 valence electrons. The Kier molecular flexibility index (Phi) is 9.90. The maximum Gasteiger partial charge on any atom is 0.0961 e. The fraction of sp³-hybridized carbons (Fsp3) is 0.538. The molecule has 0 aromatic heterocycles. The third kappa shape index (κ3) is 5.46. The molecule has 2 atom stereocenters. The maximum atomic E-state index is 11.9. The average Bonchev–Trinajstić information content (AvgIpc) is 2.76. The first kappa shape index (κ1) is 27.4. The smallest absolute Gasteiger partial charge is 0.0961 e. The lowest BCUT2D eigenvalue weighted by atomic mass is 9.70. The molecule has 0 spiro atoms. The molecule has 1 saturated carbocycles. The fourth-order valence-corrected chi connectivity index (χ4v) is 6.06. The molecule has 3 nitrogen and oxygen atoms in total. The number of rotatable bonds is 5. The SMILES string of the molecule is CN(C)CC1CN(C2(c3ccccc3)CCCCC2)CCC1(O)c1cccc(Cl)c1.Cl.Cl. The Bertz CT molecular complexity index is 842. The van der Waals surface area contributed by atoms with Gasteiger partial charge in [-0.25, -0.2) is 0 Å². The van der Waals surface area contributed by atoms with Crippen LogP contribution in [-0.2, 0) is 11.1 Å². The van der Waals surface area contributed by atoms with Crippen LogP contribution in [0.4, 0.5) is 0 Å². The third-order valence-corrected chi connectivity index (χ3v) is 7.62. The molecule has 1 aliphatic carbocycles. The van der Waals surface area contributed by atoms with Crippen molar-refractivity contribution < 1.29 is 5.11 Å². The van der Waals surface area contributed by atoms with Gasteiger partial charge >= 0.3 is 0 Å². The van der Waals surface area contributed by atoms with E-state index >= 15 is 0 Å². The van der Waals surface area contributed by atoms with Crippen LogP contribution in [0.15, 0.2) is 54.6 Å². The van der Waals surface area contributed by atoms with Crippen LogP contribution < -0.4 is 0 Å². The Morgan fingerprint density at radius 3 is 2.22 bits per heavy atom. The highest BCUT2D eigenvalue weighted by molar-refractivity contribution is 6.30. The summed E-state index contributed by atoms with van der Waals surface area (Å²) in [6.07, 6.45) is 7.05. The number of nitrogens with zero attached hydrogens (tertiary/aromatic N) is 2. The van der Waals surface area contributed by atoms with E-state index in [1.165, 1.54) is 37.7 Å². The van der Waals surface area contributed by atoms with E-state index in [0.717, 1.165) is 31.6 Å². The molecule has 4 rings (SSSR count). The highest BCUT2D eigenvalue weighted by Gasteiger charge is 2.49. The maximum absolute atomic E-state index is 11.9. The van der Waals surface area contributed by atoms with E-state index in [4.69, 9.17) is 11.6 Å². The summed E-state index contributed by atoms with van der Waals surface area (Å²) in [7, 11) is 4.20. The van der Waals surface area contributed by atoms with Crippen molar-refractivity contribution >= 4 is 36.4 Å². The van der Waals surface area contributed by atoms with Gasteiger partial charge in [0.25, 0.3) is 0 Å². The third-order valence-electron chi connectivity index (χ3n) is 7.39. The fourth-order valence-electron chi connectivity index (χ4n) is 5.87. The van der Waals surface area contributed by atoms with Crippen molar-refractivity contribution in [1.29, 1.82) is 0 Å². The van der Waals surface area contributed by atoms with Gasteiger partial charge in [0.15, 0.2) is 0 Å². The van der Waals surface area contributed by atoms with Crippen molar-refractivity contribution in [2.75, 3.05) is 33.7 Å². The molecular formula is C26H37Cl3N2O. The van der Waals surface area contributed by atoms with Gasteiger partial charge in [-0.3, -0.25) is 4.90 Å². The van der Waals surface area contributed by atoms with Crippen molar-refractivity contribution in [3.8, 4) is 0 Å². The van der Waals surface area contributed by atoms with E-state index in [1.807, 2.05) is 24.3 Å². The first-order valence-electron chi connectivity index (χ1n) is 11.4. The monoisotopic (exact) mass is 498 g/mol. The highest BCUT2D eigenvalue weighted by atomic mass is 35.5. The molecule has 0 radical (unpaired) electrons. The van der Waals surface area contributed by atoms with Crippen LogP contribution in [0, 0.1) is 5.92 Å². The standard InChI is InChI=1S/C26H35ClN2O.2ClH/c1-28(2)19-23-20-29(17-16-26(23,30)22-12-9-13-24(27)18-22)25(14-7-4-8-15-25)21-10-5-3-6-11-21;;/h3,5-6,9-13,18,23,30H,4,7-8,14-17,19-20H2,1-2H3;2*1H. The molecule has 6 heteroatoms. The van der Waals surface area contributed by atoms with Crippen molar-refractivity contribution in [2.24, 2.45) is 5.92 Å². The van der Waals surface area contributed by atoms with Crippen LogP contribution >= 0.6 is 36.4 Å². The van der Waals surface area contributed by atoms with Crippen molar-refractivity contribution in [2.45, 2.75) is 49.7 Å². The summed E-state index contributed by atoms with van der Waals surface area (Å²) in [5, 5.41) is 12.6. The zero-order valence-corrected chi connectivity index (χ0v) is 21.6. The second kappa shape index (κ2) is 11.6. The molecule has 2 aliphatic rings. The van der Waals surface area contributed by atoms with Gasteiger partial charge in [-0.05, 0) is 56.6 Å². The largest absolute Gasteiger partial charge is 0.385 e. The first-order valence-corrected chi connectivity index (χ1v) is 11.8. The van der Waals surface area contributed by atoms with Crippen LogP contribution in [0.5, 0.6) is 0 Å². The number of aliphatic hydroxyl groups is 1. The molecular weight excluding hydrogens is 463 g/mol. The second-order valence-electron chi connectivity index (χ2n) is 9.55. The zero-order valence-electron chi connectivity index (χ0n) is 19.2. The zero-order chi connectivity index (χ0) is 21.2. The normalized spacial score (nSPS) is 25.6. The minimum Gasteiger partial charge on any atom is -0.385 e. The van der Waals surface area contributed by atoms with E-state index in [-0.39, 0.29) is 36.3 Å². The summed E-state index contributed by atoms with van der Waals surface area (Å²) in [6.45, 7) is 2.66. The topological polar surface area (TPSA) is 26.7 Å². The van der Waals surface area contributed by atoms with Crippen molar-refractivity contribution in [3.05, 3.63) is 70.7 Å². The molecule has 32 heavy (non-hydrogen) atoms. The van der Waals surface area contributed by atoms with Crippen molar-refractivity contribution in [1.82, 2.24) is 9.80 Å². The Balaban J connectivity index is 0.00000181. The summed E-state index contributed by atoms with van der Waals surface area (Å²) in [4.78, 5) is 4.91. The molecule has 1 heterocycles. The molecule has 2 aromatic carbocycles. The lowest BCUT2D eigenvalue weighted by Crippen LogP contribution is -2.59. The Labute approximate surface area is 211 Å². The average molecular weight is 500 g/mol. The Morgan fingerprint density at radius 2 is 1.59 bits per heavy atom. The van der Waals surface area contributed by atoms with Crippen LogP contribution in [-0.4, -0.2) is 48.6 Å². The summed E-state index contributed by atoms with van der Waals surface area (Å²) < 4.78 is 0. The molecule has 2 unspecified atom stereocenters. The molecule has 2 aromatic rings. The number of hydrogen-bond donors (Lipinski definition) is 1. The van der Waals surface area contributed by atoms with Gasteiger partial charge in [0.05, 0.1) is 5.60 Å². The second-order valence-corrected chi connectivity index (χ2v) is 9.98. The molecule has 1 N–H and O–H groups in total. The molecule has 1 saturated heterocycles. The number of benzene rings is 2. The molecule has 0 amide bonds. The minimum absolute atomic E-state index is 0. The summed E-state index contributed by atoms with van der Waals surface area (Å²) in [5.74, 6) is 0.127. The predicted molar refractivity (Wildman–Crippen MR) is 139 cm³/mol. The summed E-state index contributed by atoms with van der Waals surface area (Å²) in [5.41, 5.74) is 1.65. The van der Waals surface area contributed by atoms with Crippen LogP contribution in [0.2, 0.25) is 5.02 Å². The molecule has 2 fully saturated rings. The van der Waals surface area contributed by atoms with Gasteiger partial charge in [0.2, 0.25) is 0 Å². The molecule has 1 aliphatic heterocycles. The van der Waals surface area contributed by atoms with Crippen LogP contribution in [0.3, 0.4) is 0 Å². The van der Waals surface area contributed by atoms with Crippen LogP contribution in [0.25, 0.3) is 0 Å². The lowest BCUT2D eigenvalue weighted by molar-refractivity contribution is -0.115. The summed E-state index contributed by atoms with van der Waals surface area (Å²) >= 11 is 6.30. The van der Waals surface area contributed by atoms with Gasteiger partial charge in [0.1, 0.15) is 0 Å². The van der Waals surface area contributed by atoms with E-state index in [0.29, 0.717) is 5.02 Å². The van der Waals surface area contributed by atoms with Gasteiger partial charge < -0.3 is 10.0 Å². The number of hydrogen-bond acceptors (Lipinski definition) is 3. The van der Waals surface area contributed by atoms with Crippen LogP contribution in [0.1, 0.15) is 49.7 Å².